The van der Waals surface area contributed by atoms with Crippen LogP contribution in [0.15, 0.2) is 24.3 Å². The highest BCUT2D eigenvalue weighted by atomic mass is 16.3. The van der Waals surface area contributed by atoms with Gasteiger partial charge < -0.3 is 5.11 Å². The molecule has 0 amide bonds. The molecule has 0 heterocycles. The van der Waals surface area contributed by atoms with E-state index in [0.717, 1.165) is 12.8 Å². The molecule has 16 heavy (non-hydrogen) atoms. The van der Waals surface area contributed by atoms with Crippen LogP contribution in [0, 0.1) is 5.92 Å². The molecule has 0 radical (unpaired) electrons. The van der Waals surface area contributed by atoms with Gasteiger partial charge in [0.25, 0.3) is 0 Å². The fraction of sp³-hybridized carbons (Fsp3) is 0.600. The van der Waals surface area contributed by atoms with Crippen molar-refractivity contribution in [2.24, 2.45) is 5.92 Å². The largest absolute Gasteiger partial charge is 0.385 e. The second-order valence-electron chi connectivity index (χ2n) is 5.58. The van der Waals surface area contributed by atoms with E-state index in [1.54, 1.807) is 0 Å². The molecule has 1 nitrogen and oxygen atoms in total. The molecule has 0 aliphatic heterocycles. The van der Waals surface area contributed by atoms with Gasteiger partial charge in [0.2, 0.25) is 0 Å². The van der Waals surface area contributed by atoms with Crippen molar-refractivity contribution < 1.29 is 5.11 Å². The molecule has 2 unspecified atom stereocenters. The summed E-state index contributed by atoms with van der Waals surface area (Å²) >= 11 is 0. The van der Waals surface area contributed by atoms with Crippen molar-refractivity contribution in [3.63, 3.8) is 0 Å². The maximum absolute atomic E-state index is 11.0. The molecule has 3 rings (SSSR count). The molecule has 0 aromatic heterocycles. The van der Waals surface area contributed by atoms with Crippen LogP contribution in [0.3, 0.4) is 0 Å². The van der Waals surface area contributed by atoms with Crippen molar-refractivity contribution in [2.45, 2.75) is 50.5 Å². The molecule has 1 saturated carbocycles. The normalized spacial score (nSPS) is 34.2. The van der Waals surface area contributed by atoms with Gasteiger partial charge in [-0.05, 0) is 48.6 Å². The monoisotopic (exact) mass is 216 g/mol. The van der Waals surface area contributed by atoms with Gasteiger partial charge in [-0.15, -0.1) is 0 Å². The van der Waals surface area contributed by atoms with E-state index >= 15 is 0 Å². The Bertz CT molecular complexity index is 394. The lowest BCUT2D eigenvalue weighted by Gasteiger charge is -2.46. The van der Waals surface area contributed by atoms with Crippen molar-refractivity contribution in [3.05, 3.63) is 35.4 Å². The number of rotatable bonds is 1. The summed E-state index contributed by atoms with van der Waals surface area (Å²) < 4.78 is 0. The molecular formula is C15H20O. The topological polar surface area (TPSA) is 20.2 Å². The van der Waals surface area contributed by atoms with E-state index < -0.39 is 5.60 Å². The number of hydrogen-bond acceptors (Lipinski definition) is 1. The Hall–Kier alpha value is -0.820. The predicted molar refractivity (Wildman–Crippen MR) is 65.3 cm³/mol. The first-order chi connectivity index (χ1) is 7.72. The summed E-state index contributed by atoms with van der Waals surface area (Å²) in [7, 11) is 0. The van der Waals surface area contributed by atoms with E-state index in [9.17, 15) is 5.11 Å². The zero-order valence-electron chi connectivity index (χ0n) is 9.95. The van der Waals surface area contributed by atoms with Crippen LogP contribution in [0.25, 0.3) is 0 Å². The number of benzene rings is 1. The quantitative estimate of drug-likeness (QED) is 0.761. The minimum atomic E-state index is -0.513. The van der Waals surface area contributed by atoms with Gasteiger partial charge in [-0.25, -0.2) is 0 Å². The van der Waals surface area contributed by atoms with Gasteiger partial charge in [0.15, 0.2) is 0 Å². The molecule has 86 valence electrons. The fourth-order valence-electron chi connectivity index (χ4n) is 3.36. The van der Waals surface area contributed by atoms with E-state index in [0.29, 0.717) is 11.8 Å². The molecule has 0 spiro atoms. The van der Waals surface area contributed by atoms with Crippen LogP contribution < -0.4 is 0 Å². The third kappa shape index (κ3) is 1.34. The molecule has 1 aromatic rings. The van der Waals surface area contributed by atoms with E-state index in [1.165, 1.54) is 30.4 Å². The van der Waals surface area contributed by atoms with E-state index in [2.05, 4.69) is 31.2 Å². The Morgan fingerprint density at radius 1 is 1.19 bits per heavy atom. The summed E-state index contributed by atoms with van der Waals surface area (Å²) in [4.78, 5) is 0. The maximum Gasteiger partial charge on any atom is 0.0927 e. The van der Waals surface area contributed by atoms with Gasteiger partial charge in [0.05, 0.1) is 5.60 Å². The minimum absolute atomic E-state index is 0.513. The molecular weight excluding hydrogens is 196 g/mol. The van der Waals surface area contributed by atoms with E-state index in [4.69, 9.17) is 0 Å². The van der Waals surface area contributed by atoms with Crippen molar-refractivity contribution >= 4 is 0 Å². The van der Waals surface area contributed by atoms with Gasteiger partial charge in [-0.3, -0.25) is 0 Å². The second kappa shape index (κ2) is 3.59. The van der Waals surface area contributed by atoms with Gasteiger partial charge in [0.1, 0.15) is 0 Å². The van der Waals surface area contributed by atoms with E-state index in [-0.39, 0.29) is 0 Å². The first-order valence-corrected chi connectivity index (χ1v) is 6.53. The molecule has 1 aromatic carbocycles. The van der Waals surface area contributed by atoms with Crippen LogP contribution in [-0.2, 0) is 5.60 Å². The molecule has 1 N–H and O–H groups in total. The summed E-state index contributed by atoms with van der Waals surface area (Å²) in [5, 5.41) is 11.0. The molecule has 0 bridgehead atoms. The highest BCUT2D eigenvalue weighted by molar-refractivity contribution is 5.38. The number of fused-ring (bicyclic) bond motifs is 1. The van der Waals surface area contributed by atoms with Gasteiger partial charge >= 0.3 is 0 Å². The van der Waals surface area contributed by atoms with Crippen LogP contribution >= 0.6 is 0 Å². The fourth-order valence-corrected chi connectivity index (χ4v) is 3.36. The van der Waals surface area contributed by atoms with Crippen molar-refractivity contribution in [1.29, 1.82) is 0 Å². The predicted octanol–water partition coefficient (Wildman–Crippen LogP) is 3.57. The summed E-state index contributed by atoms with van der Waals surface area (Å²) in [6.45, 7) is 2.28. The van der Waals surface area contributed by atoms with Crippen LogP contribution in [0.5, 0.6) is 0 Å². The van der Waals surface area contributed by atoms with Crippen molar-refractivity contribution in [2.75, 3.05) is 0 Å². The van der Waals surface area contributed by atoms with E-state index in [1.807, 2.05) is 0 Å². The zero-order valence-corrected chi connectivity index (χ0v) is 9.95. The molecule has 2 aliphatic rings. The van der Waals surface area contributed by atoms with Crippen LogP contribution in [-0.4, -0.2) is 5.11 Å². The lowest BCUT2D eigenvalue weighted by atomic mass is 9.63. The summed E-state index contributed by atoms with van der Waals surface area (Å²) in [5.41, 5.74) is 2.09. The third-order valence-electron chi connectivity index (χ3n) is 4.70. The van der Waals surface area contributed by atoms with Crippen molar-refractivity contribution in [3.8, 4) is 0 Å². The Kier molecular flexibility index (Phi) is 2.32. The molecule has 1 fully saturated rings. The van der Waals surface area contributed by atoms with Gasteiger partial charge in [-0.2, -0.15) is 0 Å². The molecule has 0 saturated heterocycles. The summed E-state index contributed by atoms with van der Waals surface area (Å²) in [6.07, 6.45) is 5.79. The Morgan fingerprint density at radius 3 is 2.62 bits per heavy atom. The van der Waals surface area contributed by atoms with Gasteiger partial charge in [0, 0.05) is 0 Å². The minimum Gasteiger partial charge on any atom is -0.385 e. The lowest BCUT2D eigenvalue weighted by Crippen LogP contribution is -2.42. The second-order valence-corrected chi connectivity index (χ2v) is 5.58. The third-order valence-corrected chi connectivity index (χ3v) is 4.70. The lowest BCUT2D eigenvalue weighted by molar-refractivity contribution is -0.0713. The van der Waals surface area contributed by atoms with Crippen LogP contribution in [0.1, 0.15) is 56.1 Å². The summed E-state index contributed by atoms with van der Waals surface area (Å²) in [6, 6.07) is 8.51. The first kappa shape index (κ1) is 10.3. The number of hydrogen-bond donors (Lipinski definition) is 1. The highest BCUT2D eigenvalue weighted by Gasteiger charge is 2.45. The zero-order chi connectivity index (χ0) is 11.2. The van der Waals surface area contributed by atoms with Crippen molar-refractivity contribution in [1.82, 2.24) is 0 Å². The van der Waals surface area contributed by atoms with Crippen LogP contribution in [0.2, 0.25) is 0 Å². The smallest absolute Gasteiger partial charge is 0.0927 e. The van der Waals surface area contributed by atoms with Gasteiger partial charge in [-0.1, -0.05) is 37.6 Å². The molecule has 2 aliphatic carbocycles. The SMILES string of the molecule is CC1CCC(O)(C2CCC2)c2ccccc21. The average Bonchev–Trinajstić information content (AvgIpc) is 2.22. The first-order valence-electron chi connectivity index (χ1n) is 6.53. The van der Waals surface area contributed by atoms with Crippen LogP contribution in [0.4, 0.5) is 0 Å². The Balaban J connectivity index is 2.06. The number of aliphatic hydroxyl groups is 1. The maximum atomic E-state index is 11.0. The molecule has 2 atom stereocenters. The Morgan fingerprint density at radius 2 is 1.94 bits per heavy atom. The Labute approximate surface area is 97.5 Å². The average molecular weight is 216 g/mol. The summed E-state index contributed by atoms with van der Waals surface area (Å²) in [5.74, 6) is 1.12. The molecule has 1 heteroatoms. The highest BCUT2D eigenvalue weighted by Crippen LogP contribution is 2.50. The standard InChI is InChI=1S/C15H20O/c1-11-9-10-15(16,12-5-4-6-12)14-8-3-2-7-13(11)14/h2-3,7-8,11-12,16H,4-6,9-10H2,1H3.